The third-order valence-electron chi connectivity index (χ3n) is 2.34. The third kappa shape index (κ3) is 3.85. The van der Waals surface area contributed by atoms with Gasteiger partial charge in [0.05, 0.1) is 6.61 Å². The van der Waals surface area contributed by atoms with Crippen LogP contribution >= 0.6 is 0 Å². The SMILES string of the molecule is CCCOC(=O)/C(C#N)=C/c1ccc(O)c(C(=O)O)c1. The predicted octanol–water partition coefficient (Wildman–Crippen LogP) is 1.95. The maximum absolute atomic E-state index is 11.5. The first kappa shape index (κ1) is 15.2. The molecule has 20 heavy (non-hydrogen) atoms. The molecule has 0 aliphatic carbocycles. The first-order valence-electron chi connectivity index (χ1n) is 5.84. The highest BCUT2D eigenvalue weighted by Gasteiger charge is 2.13. The van der Waals surface area contributed by atoms with Crippen LogP contribution in [0.3, 0.4) is 0 Å². The second-order valence-corrected chi connectivity index (χ2v) is 3.89. The number of carbonyl (C=O) groups excluding carboxylic acids is 1. The molecular weight excluding hydrogens is 262 g/mol. The molecular formula is C14H13NO5. The lowest BCUT2D eigenvalue weighted by Gasteiger charge is -2.03. The molecule has 0 aliphatic rings. The second-order valence-electron chi connectivity index (χ2n) is 3.89. The zero-order valence-electron chi connectivity index (χ0n) is 10.8. The quantitative estimate of drug-likeness (QED) is 0.483. The van der Waals surface area contributed by atoms with Crippen molar-refractivity contribution in [2.24, 2.45) is 0 Å². The smallest absolute Gasteiger partial charge is 0.348 e. The molecule has 0 saturated carbocycles. The fourth-order valence-electron chi connectivity index (χ4n) is 1.39. The van der Waals surface area contributed by atoms with Crippen molar-refractivity contribution in [3.05, 3.63) is 34.9 Å². The number of hydrogen-bond donors (Lipinski definition) is 2. The number of carboxylic acids is 1. The topological polar surface area (TPSA) is 108 Å². The summed E-state index contributed by atoms with van der Waals surface area (Å²) in [5, 5.41) is 27.1. The van der Waals surface area contributed by atoms with Gasteiger partial charge in [-0.25, -0.2) is 9.59 Å². The van der Waals surface area contributed by atoms with Crippen molar-refractivity contribution in [2.75, 3.05) is 6.61 Å². The minimum absolute atomic E-state index is 0.202. The minimum Gasteiger partial charge on any atom is -0.507 e. The van der Waals surface area contributed by atoms with E-state index in [4.69, 9.17) is 15.1 Å². The Balaban J connectivity index is 3.08. The van der Waals surface area contributed by atoms with Crippen LogP contribution in [0.25, 0.3) is 6.08 Å². The fourth-order valence-corrected chi connectivity index (χ4v) is 1.39. The maximum atomic E-state index is 11.5. The van der Waals surface area contributed by atoms with Crippen LogP contribution in [0.15, 0.2) is 23.8 Å². The molecule has 0 unspecified atom stereocenters. The van der Waals surface area contributed by atoms with Crippen molar-refractivity contribution in [3.63, 3.8) is 0 Å². The van der Waals surface area contributed by atoms with Gasteiger partial charge in [-0.3, -0.25) is 0 Å². The average Bonchev–Trinajstić information content (AvgIpc) is 2.43. The first-order chi connectivity index (χ1) is 9.49. The van der Waals surface area contributed by atoms with E-state index in [0.29, 0.717) is 12.0 Å². The van der Waals surface area contributed by atoms with Crippen LogP contribution in [0.5, 0.6) is 5.75 Å². The van der Waals surface area contributed by atoms with E-state index >= 15 is 0 Å². The lowest BCUT2D eigenvalue weighted by molar-refractivity contribution is -0.138. The molecule has 0 aliphatic heterocycles. The molecule has 6 nitrogen and oxygen atoms in total. The molecule has 6 heteroatoms. The van der Waals surface area contributed by atoms with E-state index in [0.717, 1.165) is 0 Å². The standard InChI is InChI=1S/C14H13NO5/c1-2-5-20-14(19)10(8-15)6-9-3-4-12(16)11(7-9)13(17)18/h3-4,6-7,16H,2,5H2,1H3,(H,17,18)/b10-6+. The van der Waals surface area contributed by atoms with Crippen molar-refractivity contribution < 1.29 is 24.5 Å². The normalized spacial score (nSPS) is 10.7. The van der Waals surface area contributed by atoms with Crippen LogP contribution < -0.4 is 0 Å². The van der Waals surface area contributed by atoms with Gasteiger partial charge in [0.15, 0.2) is 0 Å². The van der Waals surface area contributed by atoms with Crippen molar-refractivity contribution in [1.82, 2.24) is 0 Å². The van der Waals surface area contributed by atoms with Gasteiger partial charge in [0.1, 0.15) is 23.0 Å². The molecule has 1 rings (SSSR count). The van der Waals surface area contributed by atoms with E-state index < -0.39 is 11.9 Å². The van der Waals surface area contributed by atoms with E-state index in [2.05, 4.69) is 0 Å². The van der Waals surface area contributed by atoms with Gasteiger partial charge >= 0.3 is 11.9 Å². The summed E-state index contributed by atoms with van der Waals surface area (Å²) in [4.78, 5) is 22.4. The number of aromatic hydroxyl groups is 1. The van der Waals surface area contributed by atoms with Crippen molar-refractivity contribution in [1.29, 1.82) is 5.26 Å². The summed E-state index contributed by atoms with van der Waals surface area (Å²) < 4.78 is 4.82. The number of esters is 1. The molecule has 0 atom stereocenters. The Morgan fingerprint density at radius 1 is 1.45 bits per heavy atom. The molecule has 0 amide bonds. The molecule has 0 bridgehead atoms. The second kappa shape index (κ2) is 6.95. The van der Waals surface area contributed by atoms with E-state index in [1.807, 2.05) is 6.92 Å². The predicted molar refractivity (Wildman–Crippen MR) is 69.9 cm³/mol. The van der Waals surface area contributed by atoms with Crippen LogP contribution in [0.2, 0.25) is 0 Å². The number of carbonyl (C=O) groups is 2. The first-order valence-corrected chi connectivity index (χ1v) is 5.84. The van der Waals surface area contributed by atoms with E-state index in [9.17, 15) is 14.7 Å². The number of ether oxygens (including phenoxy) is 1. The number of benzene rings is 1. The van der Waals surface area contributed by atoms with Crippen LogP contribution in [-0.2, 0) is 9.53 Å². The van der Waals surface area contributed by atoms with Crippen LogP contribution in [0.4, 0.5) is 0 Å². The van der Waals surface area contributed by atoms with E-state index in [1.54, 1.807) is 6.07 Å². The summed E-state index contributed by atoms with van der Waals surface area (Å²) in [6.45, 7) is 2.02. The summed E-state index contributed by atoms with van der Waals surface area (Å²) >= 11 is 0. The van der Waals surface area contributed by atoms with Gasteiger partial charge in [0.25, 0.3) is 0 Å². The van der Waals surface area contributed by atoms with Gasteiger partial charge < -0.3 is 14.9 Å². The highest BCUT2D eigenvalue weighted by atomic mass is 16.5. The molecule has 0 radical (unpaired) electrons. The summed E-state index contributed by atoms with van der Waals surface area (Å²) in [6, 6.07) is 5.45. The van der Waals surface area contributed by atoms with Crippen molar-refractivity contribution in [2.45, 2.75) is 13.3 Å². The zero-order chi connectivity index (χ0) is 15.1. The van der Waals surface area contributed by atoms with Gasteiger partial charge in [-0.15, -0.1) is 0 Å². The molecule has 1 aromatic carbocycles. The van der Waals surface area contributed by atoms with Crippen molar-refractivity contribution in [3.8, 4) is 11.8 Å². The molecule has 2 N–H and O–H groups in total. The average molecular weight is 275 g/mol. The van der Waals surface area contributed by atoms with Gasteiger partial charge in [-0.05, 0) is 30.2 Å². The molecule has 0 heterocycles. The molecule has 1 aromatic rings. The number of carboxylic acid groups (broad SMARTS) is 1. The van der Waals surface area contributed by atoms with Crippen molar-refractivity contribution >= 4 is 18.0 Å². The number of nitriles is 1. The van der Waals surface area contributed by atoms with Crippen LogP contribution in [-0.4, -0.2) is 28.8 Å². The Labute approximate surface area is 115 Å². The maximum Gasteiger partial charge on any atom is 0.348 e. The molecule has 104 valence electrons. The Morgan fingerprint density at radius 2 is 2.15 bits per heavy atom. The highest BCUT2D eigenvalue weighted by molar-refractivity contribution is 5.98. The Morgan fingerprint density at radius 3 is 2.70 bits per heavy atom. The van der Waals surface area contributed by atoms with Gasteiger partial charge in [-0.1, -0.05) is 13.0 Å². The molecule has 0 spiro atoms. The van der Waals surface area contributed by atoms with E-state index in [-0.39, 0.29) is 23.5 Å². The largest absolute Gasteiger partial charge is 0.507 e. The van der Waals surface area contributed by atoms with E-state index in [1.165, 1.54) is 24.3 Å². The minimum atomic E-state index is -1.30. The summed E-state index contributed by atoms with van der Waals surface area (Å²) in [7, 11) is 0. The van der Waals surface area contributed by atoms with Crippen LogP contribution in [0, 0.1) is 11.3 Å². The molecule has 0 saturated heterocycles. The van der Waals surface area contributed by atoms with Gasteiger partial charge in [0, 0.05) is 0 Å². The summed E-state index contributed by atoms with van der Waals surface area (Å²) in [5.74, 6) is -2.45. The molecule has 0 aromatic heterocycles. The summed E-state index contributed by atoms with van der Waals surface area (Å²) in [6.07, 6.45) is 1.84. The van der Waals surface area contributed by atoms with Gasteiger partial charge in [-0.2, -0.15) is 5.26 Å². The Hall–Kier alpha value is -2.81. The number of hydrogen-bond acceptors (Lipinski definition) is 5. The van der Waals surface area contributed by atoms with Crippen LogP contribution in [0.1, 0.15) is 29.3 Å². The zero-order valence-corrected chi connectivity index (χ0v) is 10.8. The lowest BCUT2D eigenvalue weighted by Crippen LogP contribution is -2.07. The highest BCUT2D eigenvalue weighted by Crippen LogP contribution is 2.20. The fraction of sp³-hybridized carbons (Fsp3) is 0.214. The number of rotatable bonds is 5. The number of nitrogens with zero attached hydrogens (tertiary/aromatic N) is 1. The third-order valence-corrected chi connectivity index (χ3v) is 2.34. The summed E-state index contributed by atoms with van der Waals surface area (Å²) in [5.41, 5.74) is -0.233. The monoisotopic (exact) mass is 275 g/mol. The Kier molecular flexibility index (Phi) is 5.30. The molecule has 0 fully saturated rings. The lowest BCUT2D eigenvalue weighted by atomic mass is 10.1. The van der Waals surface area contributed by atoms with Gasteiger partial charge in [0.2, 0.25) is 0 Å². The Bertz CT molecular complexity index is 598. The number of aromatic carboxylic acids is 1. The number of phenols is 1.